The van der Waals surface area contributed by atoms with Crippen molar-refractivity contribution >= 4 is 49.1 Å². The number of hydrogen-bond acceptors (Lipinski definition) is 3. The number of nitrogens with one attached hydrogen (secondary N) is 1. The van der Waals surface area contributed by atoms with Crippen LogP contribution in [0, 0.1) is 0 Å². The summed E-state index contributed by atoms with van der Waals surface area (Å²) in [5.74, 6) is -0.0753. The number of thiophene rings is 1. The minimum absolute atomic E-state index is 0.0753. The molecule has 0 saturated carbocycles. The van der Waals surface area contributed by atoms with Gasteiger partial charge in [0.2, 0.25) is 0 Å². The summed E-state index contributed by atoms with van der Waals surface area (Å²) in [7, 11) is 0. The van der Waals surface area contributed by atoms with E-state index in [1.165, 1.54) is 11.3 Å². The van der Waals surface area contributed by atoms with Crippen LogP contribution in [-0.4, -0.2) is 25.7 Å². The summed E-state index contributed by atoms with van der Waals surface area (Å²) in [5, 5.41) is 2.80. The first-order chi connectivity index (χ1) is 8.15. The van der Waals surface area contributed by atoms with Crippen molar-refractivity contribution in [3.05, 3.63) is 31.9 Å². The van der Waals surface area contributed by atoms with Gasteiger partial charge in [0.25, 0.3) is 5.91 Å². The van der Waals surface area contributed by atoms with Gasteiger partial charge in [-0.15, -0.1) is 17.9 Å². The Kier molecular flexibility index (Phi) is 7.03. The first kappa shape index (κ1) is 14.9. The van der Waals surface area contributed by atoms with E-state index in [0.717, 1.165) is 14.7 Å². The second-order valence-corrected chi connectivity index (χ2v) is 6.40. The molecule has 17 heavy (non-hydrogen) atoms. The Morgan fingerprint density at radius 1 is 1.53 bits per heavy atom. The third-order valence-electron chi connectivity index (χ3n) is 1.87. The molecule has 0 aliphatic carbocycles. The fourth-order valence-corrected chi connectivity index (χ4v) is 3.00. The van der Waals surface area contributed by atoms with Crippen LogP contribution in [0.15, 0.2) is 27.0 Å². The lowest BCUT2D eigenvalue weighted by molar-refractivity contribution is 0.0922. The molecule has 1 aromatic rings. The summed E-state index contributed by atoms with van der Waals surface area (Å²) < 4.78 is 7.11. The lowest BCUT2D eigenvalue weighted by Crippen LogP contribution is -2.26. The maximum absolute atomic E-state index is 11.7. The Labute approximate surface area is 121 Å². The zero-order valence-electron chi connectivity index (χ0n) is 9.17. The van der Waals surface area contributed by atoms with Gasteiger partial charge in [0.05, 0.1) is 21.9 Å². The van der Waals surface area contributed by atoms with Crippen LogP contribution < -0.4 is 5.32 Å². The van der Waals surface area contributed by atoms with Crippen molar-refractivity contribution < 1.29 is 9.53 Å². The zero-order chi connectivity index (χ0) is 12.7. The molecule has 0 fully saturated rings. The Hall–Kier alpha value is -0.170. The van der Waals surface area contributed by atoms with Gasteiger partial charge in [-0.05, 0) is 44.3 Å². The lowest BCUT2D eigenvalue weighted by Gasteiger charge is -2.04. The zero-order valence-corrected chi connectivity index (χ0v) is 13.2. The molecule has 1 amide bonds. The predicted octanol–water partition coefficient (Wildman–Crippen LogP) is 3.60. The average Bonchev–Trinajstić information content (AvgIpc) is 2.64. The summed E-state index contributed by atoms with van der Waals surface area (Å²) in [4.78, 5) is 12.4. The molecule has 0 saturated heterocycles. The first-order valence-corrected chi connectivity index (χ1v) is 7.47. The third-order valence-corrected chi connectivity index (χ3v) is 5.12. The van der Waals surface area contributed by atoms with Crippen molar-refractivity contribution in [3.8, 4) is 0 Å². The Bertz CT molecular complexity index is 373. The Morgan fingerprint density at radius 2 is 2.29 bits per heavy atom. The van der Waals surface area contributed by atoms with Crippen molar-refractivity contribution in [3.63, 3.8) is 0 Å². The van der Waals surface area contributed by atoms with E-state index in [2.05, 4.69) is 43.8 Å². The number of hydrogen-bond donors (Lipinski definition) is 1. The Morgan fingerprint density at radius 3 is 2.88 bits per heavy atom. The van der Waals surface area contributed by atoms with Gasteiger partial charge in [0.15, 0.2) is 0 Å². The van der Waals surface area contributed by atoms with Gasteiger partial charge in [-0.2, -0.15) is 0 Å². The topological polar surface area (TPSA) is 38.3 Å². The second-order valence-electron chi connectivity index (χ2n) is 3.18. The van der Waals surface area contributed by atoms with Crippen LogP contribution in [0.5, 0.6) is 0 Å². The molecule has 0 aliphatic rings. The number of rotatable bonds is 7. The van der Waals surface area contributed by atoms with E-state index in [1.807, 2.05) is 0 Å². The van der Waals surface area contributed by atoms with Crippen molar-refractivity contribution in [1.29, 1.82) is 0 Å². The highest BCUT2D eigenvalue weighted by atomic mass is 79.9. The van der Waals surface area contributed by atoms with Crippen LogP contribution in [-0.2, 0) is 4.74 Å². The quantitative estimate of drug-likeness (QED) is 0.578. The van der Waals surface area contributed by atoms with Crippen LogP contribution >= 0.6 is 43.2 Å². The van der Waals surface area contributed by atoms with Crippen LogP contribution in [0.2, 0.25) is 0 Å². The Balaban J connectivity index is 2.23. The second kappa shape index (κ2) is 8.02. The number of carbonyl (C=O) groups is 1. The normalized spacial score (nSPS) is 10.2. The van der Waals surface area contributed by atoms with E-state index in [1.54, 1.807) is 12.1 Å². The maximum Gasteiger partial charge on any atom is 0.261 e. The average molecular weight is 383 g/mol. The molecular formula is C11H13Br2NO2S. The molecule has 0 bridgehead atoms. The van der Waals surface area contributed by atoms with Gasteiger partial charge < -0.3 is 10.1 Å². The number of amides is 1. The molecule has 0 atom stereocenters. The van der Waals surface area contributed by atoms with E-state index < -0.39 is 0 Å². The van der Waals surface area contributed by atoms with Crippen molar-refractivity contribution in [2.45, 2.75) is 6.42 Å². The summed E-state index contributed by atoms with van der Waals surface area (Å²) in [6.07, 6.45) is 2.64. The molecule has 0 radical (unpaired) electrons. The van der Waals surface area contributed by atoms with Crippen molar-refractivity contribution in [2.24, 2.45) is 0 Å². The highest BCUT2D eigenvalue weighted by molar-refractivity contribution is 9.13. The third kappa shape index (κ3) is 5.33. The van der Waals surface area contributed by atoms with Crippen LogP contribution in [0.3, 0.4) is 0 Å². The summed E-state index contributed by atoms with van der Waals surface area (Å²) in [6, 6.07) is 1.79. The highest BCUT2D eigenvalue weighted by Crippen LogP contribution is 2.32. The fourth-order valence-electron chi connectivity index (χ4n) is 1.05. The molecule has 1 aromatic heterocycles. The molecule has 6 heteroatoms. The molecule has 0 unspecified atom stereocenters. The molecule has 1 heterocycles. The SMILES string of the molecule is C=CCCOCCNC(=O)c1cc(Br)c(Br)s1. The largest absolute Gasteiger partial charge is 0.379 e. The van der Waals surface area contributed by atoms with Gasteiger partial charge in [0.1, 0.15) is 0 Å². The first-order valence-electron chi connectivity index (χ1n) is 5.07. The molecule has 3 nitrogen and oxygen atoms in total. The predicted molar refractivity (Wildman–Crippen MR) is 77.7 cm³/mol. The lowest BCUT2D eigenvalue weighted by atomic mass is 10.4. The van der Waals surface area contributed by atoms with E-state index in [0.29, 0.717) is 24.6 Å². The summed E-state index contributed by atoms with van der Waals surface area (Å²) in [5.41, 5.74) is 0. The summed E-state index contributed by atoms with van der Waals surface area (Å²) in [6.45, 7) is 5.29. The summed E-state index contributed by atoms with van der Waals surface area (Å²) >= 11 is 8.09. The molecule has 1 N–H and O–H groups in total. The van der Waals surface area contributed by atoms with Crippen LogP contribution in [0.4, 0.5) is 0 Å². The van der Waals surface area contributed by atoms with Gasteiger partial charge in [-0.3, -0.25) is 4.79 Å². The molecule has 0 spiro atoms. The number of ether oxygens (including phenoxy) is 1. The van der Waals surface area contributed by atoms with Crippen molar-refractivity contribution in [1.82, 2.24) is 5.32 Å². The van der Waals surface area contributed by atoms with Gasteiger partial charge >= 0.3 is 0 Å². The van der Waals surface area contributed by atoms with E-state index in [-0.39, 0.29) is 5.91 Å². The van der Waals surface area contributed by atoms with E-state index >= 15 is 0 Å². The standard InChI is InChI=1S/C11H13Br2NO2S/c1-2-3-5-16-6-4-14-11(15)9-7-8(12)10(13)17-9/h2,7H,1,3-6H2,(H,14,15). The molecule has 94 valence electrons. The minimum Gasteiger partial charge on any atom is -0.379 e. The molecule has 0 aliphatic heterocycles. The smallest absolute Gasteiger partial charge is 0.261 e. The monoisotopic (exact) mass is 381 g/mol. The van der Waals surface area contributed by atoms with Gasteiger partial charge in [0, 0.05) is 11.0 Å². The van der Waals surface area contributed by atoms with E-state index in [4.69, 9.17) is 4.74 Å². The minimum atomic E-state index is -0.0753. The van der Waals surface area contributed by atoms with Crippen LogP contribution in [0.1, 0.15) is 16.1 Å². The molecular weight excluding hydrogens is 370 g/mol. The number of halogens is 2. The molecule has 0 aromatic carbocycles. The van der Waals surface area contributed by atoms with E-state index in [9.17, 15) is 4.79 Å². The van der Waals surface area contributed by atoms with Gasteiger partial charge in [-0.25, -0.2) is 0 Å². The maximum atomic E-state index is 11.7. The highest BCUT2D eigenvalue weighted by Gasteiger charge is 2.10. The molecule has 1 rings (SSSR count). The van der Waals surface area contributed by atoms with Crippen molar-refractivity contribution in [2.75, 3.05) is 19.8 Å². The van der Waals surface area contributed by atoms with Gasteiger partial charge in [-0.1, -0.05) is 6.08 Å². The van der Waals surface area contributed by atoms with Crippen LogP contribution in [0.25, 0.3) is 0 Å². The fraction of sp³-hybridized carbons (Fsp3) is 0.364. The number of carbonyl (C=O) groups excluding carboxylic acids is 1.